The van der Waals surface area contributed by atoms with Crippen molar-refractivity contribution in [1.82, 2.24) is 30.0 Å². The van der Waals surface area contributed by atoms with Gasteiger partial charge in [0.05, 0.1) is 28.9 Å². The Morgan fingerprint density at radius 1 is 1.07 bits per heavy atom. The molecule has 3 heterocycles. The van der Waals surface area contributed by atoms with Crippen LogP contribution in [0.4, 0.5) is 13.2 Å². The summed E-state index contributed by atoms with van der Waals surface area (Å²) < 4.78 is 67.3. The Kier molecular flexibility index (Phi) is 7.63. The third-order valence-corrected chi connectivity index (χ3v) is 7.44. The standard InChI is InChI=1S/C27H29F3N6O3S/c1-16-23(24(37)32-13-20-8-9-21(14-31-20)40(5,38)39)35-25(26(2,3)4)36(16)15-18-7-6-17(19-11-33-34-12-19)10-22(18)27(28,29)30/h6-12,14H,13,15H2,1-5H3,(H,32,37)(H,33,34). The predicted octanol–water partition coefficient (Wildman–Crippen LogP) is 4.67. The van der Waals surface area contributed by atoms with Crippen LogP contribution in [0.3, 0.4) is 0 Å². The number of imidazole rings is 1. The Labute approximate surface area is 229 Å². The third kappa shape index (κ3) is 6.24. The average Bonchev–Trinajstić information content (AvgIpc) is 3.51. The van der Waals surface area contributed by atoms with Gasteiger partial charge in [0.2, 0.25) is 0 Å². The third-order valence-electron chi connectivity index (χ3n) is 6.34. The maximum atomic E-state index is 14.1. The molecule has 0 saturated heterocycles. The highest BCUT2D eigenvalue weighted by Gasteiger charge is 2.35. The molecule has 3 aromatic heterocycles. The van der Waals surface area contributed by atoms with Crippen LogP contribution in [0.15, 0.2) is 53.8 Å². The van der Waals surface area contributed by atoms with E-state index in [0.717, 1.165) is 12.3 Å². The van der Waals surface area contributed by atoms with Crippen LogP contribution in [0.5, 0.6) is 0 Å². The zero-order chi connectivity index (χ0) is 29.5. The quantitative estimate of drug-likeness (QED) is 0.331. The molecule has 0 atom stereocenters. The molecule has 0 aliphatic heterocycles. The molecule has 2 N–H and O–H groups in total. The molecule has 0 spiro atoms. The molecule has 9 nitrogen and oxygen atoms in total. The summed E-state index contributed by atoms with van der Waals surface area (Å²) in [4.78, 5) is 21.8. The van der Waals surface area contributed by atoms with Crippen LogP contribution in [0.2, 0.25) is 0 Å². The van der Waals surface area contributed by atoms with Gasteiger partial charge in [-0.25, -0.2) is 13.4 Å². The van der Waals surface area contributed by atoms with Crippen molar-refractivity contribution in [3.63, 3.8) is 0 Å². The number of nitrogens with one attached hydrogen (secondary N) is 2. The van der Waals surface area contributed by atoms with Gasteiger partial charge in [-0.3, -0.25) is 14.9 Å². The molecule has 1 aromatic carbocycles. The number of amides is 1. The van der Waals surface area contributed by atoms with E-state index < -0.39 is 32.9 Å². The van der Waals surface area contributed by atoms with Crippen LogP contribution in [0, 0.1) is 6.92 Å². The van der Waals surface area contributed by atoms with Crippen molar-refractivity contribution < 1.29 is 26.4 Å². The monoisotopic (exact) mass is 574 g/mol. The summed E-state index contributed by atoms with van der Waals surface area (Å²) in [6, 6.07) is 7.03. The van der Waals surface area contributed by atoms with E-state index in [4.69, 9.17) is 0 Å². The summed E-state index contributed by atoms with van der Waals surface area (Å²) in [5.41, 5.74) is 0.507. The minimum absolute atomic E-state index is 0.00766. The number of pyridine rings is 1. The summed E-state index contributed by atoms with van der Waals surface area (Å²) in [6.45, 7) is 7.11. The summed E-state index contributed by atoms with van der Waals surface area (Å²) in [6.07, 6.45) is 0.652. The summed E-state index contributed by atoms with van der Waals surface area (Å²) in [5, 5.41) is 9.13. The van der Waals surface area contributed by atoms with Crippen molar-refractivity contribution in [3.05, 3.63) is 83.0 Å². The summed E-state index contributed by atoms with van der Waals surface area (Å²) in [5.74, 6) is -0.0695. The molecule has 0 aliphatic carbocycles. The first-order chi connectivity index (χ1) is 18.6. The number of nitrogens with zero attached hydrogens (tertiary/aromatic N) is 4. The van der Waals surface area contributed by atoms with Gasteiger partial charge >= 0.3 is 6.18 Å². The van der Waals surface area contributed by atoms with E-state index >= 15 is 0 Å². The number of rotatable bonds is 7. The lowest BCUT2D eigenvalue weighted by Crippen LogP contribution is -2.24. The van der Waals surface area contributed by atoms with E-state index in [-0.39, 0.29) is 29.2 Å². The van der Waals surface area contributed by atoms with Gasteiger partial charge in [-0.2, -0.15) is 18.3 Å². The first-order valence-corrected chi connectivity index (χ1v) is 14.1. The largest absolute Gasteiger partial charge is 0.416 e. The van der Waals surface area contributed by atoms with Crippen molar-refractivity contribution >= 4 is 15.7 Å². The van der Waals surface area contributed by atoms with Crippen molar-refractivity contribution in [2.75, 3.05) is 6.26 Å². The minimum Gasteiger partial charge on any atom is -0.345 e. The molecule has 0 aliphatic rings. The van der Waals surface area contributed by atoms with Crippen LogP contribution in [0.1, 0.15) is 59.6 Å². The summed E-state index contributed by atoms with van der Waals surface area (Å²) >= 11 is 0. The van der Waals surface area contributed by atoms with Crippen LogP contribution in [0.25, 0.3) is 11.1 Å². The second-order valence-electron chi connectivity index (χ2n) is 10.5. The fourth-order valence-corrected chi connectivity index (χ4v) is 4.80. The van der Waals surface area contributed by atoms with Crippen molar-refractivity contribution in [2.45, 2.75) is 57.3 Å². The lowest BCUT2D eigenvalue weighted by molar-refractivity contribution is -0.138. The van der Waals surface area contributed by atoms with Gasteiger partial charge in [-0.15, -0.1) is 0 Å². The molecular weight excluding hydrogens is 545 g/mol. The van der Waals surface area contributed by atoms with E-state index in [0.29, 0.717) is 28.3 Å². The number of halogens is 3. The molecule has 40 heavy (non-hydrogen) atoms. The fraction of sp³-hybridized carbons (Fsp3) is 0.333. The Morgan fingerprint density at radius 3 is 2.35 bits per heavy atom. The highest BCUT2D eigenvalue weighted by atomic mass is 32.2. The molecule has 4 rings (SSSR count). The predicted molar refractivity (Wildman–Crippen MR) is 142 cm³/mol. The molecular formula is C27H29F3N6O3S. The van der Waals surface area contributed by atoms with Gasteiger partial charge in [0.1, 0.15) is 11.5 Å². The van der Waals surface area contributed by atoms with E-state index in [2.05, 4.69) is 25.5 Å². The van der Waals surface area contributed by atoms with Crippen LogP contribution >= 0.6 is 0 Å². The van der Waals surface area contributed by atoms with Crippen LogP contribution < -0.4 is 5.32 Å². The molecule has 0 saturated carbocycles. The fourth-order valence-electron chi connectivity index (χ4n) is 4.24. The Bertz CT molecular complexity index is 1640. The number of hydrogen-bond acceptors (Lipinski definition) is 6. The normalized spacial score (nSPS) is 12.5. The van der Waals surface area contributed by atoms with Crippen LogP contribution in [-0.2, 0) is 34.5 Å². The number of carbonyl (C=O) groups excluding carboxylic acids is 1. The molecule has 0 radical (unpaired) electrons. The average molecular weight is 575 g/mol. The number of carbonyl (C=O) groups is 1. The molecule has 0 unspecified atom stereocenters. The maximum Gasteiger partial charge on any atom is 0.416 e. The number of benzene rings is 1. The van der Waals surface area contributed by atoms with Gasteiger partial charge in [0.15, 0.2) is 9.84 Å². The molecule has 0 bridgehead atoms. The number of alkyl halides is 3. The Morgan fingerprint density at radius 2 is 1.80 bits per heavy atom. The zero-order valence-electron chi connectivity index (χ0n) is 22.6. The number of aromatic amines is 1. The van der Waals surface area contributed by atoms with Gasteiger partial charge in [-0.1, -0.05) is 32.9 Å². The lowest BCUT2D eigenvalue weighted by Gasteiger charge is -2.22. The smallest absolute Gasteiger partial charge is 0.345 e. The molecule has 4 aromatic rings. The van der Waals surface area contributed by atoms with Crippen molar-refractivity contribution in [1.29, 1.82) is 0 Å². The number of sulfone groups is 1. The Hall–Kier alpha value is -4.00. The van der Waals surface area contributed by atoms with E-state index in [1.54, 1.807) is 17.6 Å². The van der Waals surface area contributed by atoms with Gasteiger partial charge in [0.25, 0.3) is 5.91 Å². The number of hydrogen-bond donors (Lipinski definition) is 2. The second-order valence-corrected chi connectivity index (χ2v) is 12.5. The van der Waals surface area contributed by atoms with E-state index in [1.165, 1.54) is 36.8 Å². The number of H-pyrrole nitrogens is 1. The van der Waals surface area contributed by atoms with E-state index in [9.17, 15) is 26.4 Å². The Balaban J connectivity index is 1.65. The molecule has 212 valence electrons. The second kappa shape index (κ2) is 10.5. The van der Waals surface area contributed by atoms with Crippen molar-refractivity contribution in [2.24, 2.45) is 0 Å². The maximum absolute atomic E-state index is 14.1. The molecule has 1 amide bonds. The SMILES string of the molecule is Cc1c(C(=O)NCc2ccc(S(C)(=O)=O)cn2)nc(C(C)(C)C)n1Cc1ccc(-c2cn[nH]c2)cc1C(F)(F)F. The molecule has 0 fully saturated rings. The van der Waals surface area contributed by atoms with Crippen LogP contribution in [-0.4, -0.2) is 45.3 Å². The number of aromatic nitrogens is 5. The minimum atomic E-state index is -4.61. The first-order valence-electron chi connectivity index (χ1n) is 12.3. The van der Waals surface area contributed by atoms with Gasteiger partial charge < -0.3 is 9.88 Å². The first kappa shape index (κ1) is 29.0. The lowest BCUT2D eigenvalue weighted by atomic mass is 9.95. The highest BCUT2D eigenvalue weighted by Crippen LogP contribution is 2.36. The van der Waals surface area contributed by atoms with Gasteiger partial charge in [0, 0.05) is 41.9 Å². The van der Waals surface area contributed by atoms with E-state index in [1.807, 2.05) is 20.8 Å². The highest BCUT2D eigenvalue weighted by molar-refractivity contribution is 7.90. The summed E-state index contributed by atoms with van der Waals surface area (Å²) in [7, 11) is -3.40. The van der Waals surface area contributed by atoms with Gasteiger partial charge in [-0.05, 0) is 36.2 Å². The zero-order valence-corrected chi connectivity index (χ0v) is 23.4. The van der Waals surface area contributed by atoms with Crippen molar-refractivity contribution in [3.8, 4) is 11.1 Å². The topological polar surface area (TPSA) is 123 Å². The molecule has 13 heteroatoms.